The Kier molecular flexibility index (Phi) is 8.72. The van der Waals surface area contributed by atoms with Gasteiger partial charge >= 0.3 is 6.09 Å². The summed E-state index contributed by atoms with van der Waals surface area (Å²) < 4.78 is 39.3. The van der Waals surface area contributed by atoms with Crippen LogP contribution in [0.4, 0.5) is 9.93 Å². The number of thiazole rings is 1. The second-order valence-corrected chi connectivity index (χ2v) is 14.6. The van der Waals surface area contributed by atoms with Gasteiger partial charge in [0.15, 0.2) is 5.13 Å². The van der Waals surface area contributed by atoms with E-state index in [1.807, 2.05) is 0 Å². The number of pyridine rings is 1. The lowest BCUT2D eigenvalue weighted by Gasteiger charge is -2.39. The summed E-state index contributed by atoms with van der Waals surface area (Å²) in [4.78, 5) is 36.9. The van der Waals surface area contributed by atoms with Gasteiger partial charge in [-0.15, -0.1) is 0 Å². The van der Waals surface area contributed by atoms with Crippen molar-refractivity contribution in [3.8, 4) is 5.88 Å². The summed E-state index contributed by atoms with van der Waals surface area (Å²) in [6.07, 6.45) is 4.67. The van der Waals surface area contributed by atoms with Crippen LogP contribution < -0.4 is 14.8 Å². The molecule has 2 fully saturated rings. The smallest absolute Gasteiger partial charge is 0.410 e. The Bertz CT molecular complexity index is 1540. The second-order valence-electron chi connectivity index (χ2n) is 11.9. The van der Waals surface area contributed by atoms with Crippen molar-refractivity contribution in [1.82, 2.24) is 19.6 Å². The zero-order valence-electron chi connectivity index (χ0n) is 24.3. The average molecular weight is 616 g/mol. The largest absolute Gasteiger partial charge is 0.481 e. The Morgan fingerprint density at radius 1 is 1.07 bits per heavy atom. The van der Waals surface area contributed by atoms with Crippen LogP contribution in [0.15, 0.2) is 41.3 Å². The number of hydrogen-bond acceptors (Lipinski definition) is 9. The molecule has 1 atom stereocenters. The summed E-state index contributed by atoms with van der Waals surface area (Å²) >= 11 is 1.28. The number of carbonyl (C=O) groups is 2. The molecule has 2 N–H and O–H groups in total. The number of methoxy groups -OCH3 is 1. The highest BCUT2D eigenvalue weighted by atomic mass is 32.2. The first kappa shape index (κ1) is 30.2. The highest BCUT2D eigenvalue weighted by molar-refractivity contribution is 7.89. The zero-order valence-corrected chi connectivity index (χ0v) is 25.9. The number of benzene rings is 1. The van der Waals surface area contributed by atoms with Crippen LogP contribution in [-0.2, 0) is 19.6 Å². The van der Waals surface area contributed by atoms with E-state index in [0.717, 1.165) is 31.2 Å². The number of hydrogen-bond donors (Lipinski definition) is 2. The van der Waals surface area contributed by atoms with E-state index in [0.29, 0.717) is 33.7 Å². The number of amides is 2. The van der Waals surface area contributed by atoms with E-state index in [1.165, 1.54) is 28.4 Å². The molecule has 226 valence electrons. The molecule has 42 heavy (non-hydrogen) atoms. The lowest BCUT2D eigenvalue weighted by atomic mass is 9.87. The number of ether oxygens (including phenoxy) is 2. The lowest BCUT2D eigenvalue weighted by molar-refractivity contribution is -0.118. The number of nitrogens with zero attached hydrogens (tertiary/aromatic N) is 3. The number of anilines is 1. The van der Waals surface area contributed by atoms with Gasteiger partial charge in [-0.3, -0.25) is 4.79 Å². The van der Waals surface area contributed by atoms with Crippen LogP contribution in [0.3, 0.4) is 0 Å². The van der Waals surface area contributed by atoms with E-state index >= 15 is 0 Å². The van der Waals surface area contributed by atoms with Gasteiger partial charge in [0.1, 0.15) is 15.9 Å². The van der Waals surface area contributed by atoms with Gasteiger partial charge in [-0.05, 0) is 56.9 Å². The summed E-state index contributed by atoms with van der Waals surface area (Å²) in [6, 6.07) is 9.62. The first-order valence-electron chi connectivity index (χ1n) is 14.1. The van der Waals surface area contributed by atoms with Crippen molar-refractivity contribution in [3.63, 3.8) is 0 Å². The normalized spacial score (nSPS) is 17.2. The summed E-state index contributed by atoms with van der Waals surface area (Å²) in [5, 5.41) is 3.42. The predicted octanol–water partition coefficient (Wildman–Crippen LogP) is 4.90. The minimum Gasteiger partial charge on any atom is -0.481 e. The Hall–Kier alpha value is -3.29. The molecule has 3 aromatic rings. The fourth-order valence-electron chi connectivity index (χ4n) is 5.33. The van der Waals surface area contributed by atoms with Crippen molar-refractivity contribution in [2.75, 3.05) is 25.5 Å². The first-order chi connectivity index (χ1) is 19.9. The van der Waals surface area contributed by atoms with E-state index < -0.39 is 33.7 Å². The summed E-state index contributed by atoms with van der Waals surface area (Å²) in [5.41, 5.74) is 0.806. The molecule has 1 aliphatic carbocycles. The molecular formula is C29H37N5O6S2. The molecule has 2 aliphatic rings. The molecule has 11 nitrogen and oxygen atoms in total. The molecule has 5 rings (SSSR count). The van der Waals surface area contributed by atoms with Crippen molar-refractivity contribution in [2.24, 2.45) is 5.92 Å². The monoisotopic (exact) mass is 615 g/mol. The Balaban J connectivity index is 1.26. The van der Waals surface area contributed by atoms with Crippen LogP contribution in [0.2, 0.25) is 0 Å². The number of nitrogens with one attached hydrogen (secondary N) is 2. The maximum absolute atomic E-state index is 13.6. The maximum Gasteiger partial charge on any atom is 0.410 e. The number of aromatic nitrogens is 2. The number of rotatable bonds is 9. The molecule has 1 saturated carbocycles. The molecule has 13 heteroatoms. The molecule has 1 aromatic carbocycles. The third-order valence-corrected chi connectivity index (χ3v) is 9.89. The standard InChI is InChI=1S/C29H37N5O6S2/c1-29(2,3)40-28(36)34-16-20(17-34)33-42(37,38)21-11-9-19(10-12-21)22(15-18-7-5-6-8-18)25(35)32-27-30-23-13-14-24(39-4)31-26(23)41-27/h9-14,18,20,22,33H,5-8,15-17H2,1-4H3,(H,30,32,35). The predicted molar refractivity (Wildman–Crippen MR) is 160 cm³/mol. The highest BCUT2D eigenvalue weighted by Crippen LogP contribution is 2.36. The van der Waals surface area contributed by atoms with Gasteiger partial charge in [0, 0.05) is 19.2 Å². The van der Waals surface area contributed by atoms with Crippen molar-refractivity contribution in [2.45, 2.75) is 75.3 Å². The Labute approximate surface area is 250 Å². The van der Waals surface area contributed by atoms with Crippen LogP contribution in [0.5, 0.6) is 5.88 Å². The Morgan fingerprint density at radius 2 is 1.76 bits per heavy atom. The molecule has 1 aliphatic heterocycles. The van der Waals surface area contributed by atoms with Crippen LogP contribution in [-0.4, -0.2) is 67.1 Å². The van der Waals surface area contributed by atoms with Gasteiger partial charge in [-0.1, -0.05) is 49.2 Å². The average Bonchev–Trinajstić information content (AvgIpc) is 3.57. The molecule has 0 spiro atoms. The van der Waals surface area contributed by atoms with Crippen molar-refractivity contribution >= 4 is 48.8 Å². The van der Waals surface area contributed by atoms with E-state index in [-0.39, 0.29) is 23.9 Å². The fourth-order valence-corrected chi connectivity index (χ4v) is 7.38. The Morgan fingerprint density at radius 3 is 2.40 bits per heavy atom. The van der Waals surface area contributed by atoms with Gasteiger partial charge in [-0.2, -0.15) is 0 Å². The summed E-state index contributed by atoms with van der Waals surface area (Å²) in [5.74, 6) is 0.267. The summed E-state index contributed by atoms with van der Waals surface area (Å²) in [6.45, 7) is 5.83. The fraction of sp³-hybridized carbons (Fsp3) is 0.517. The molecule has 2 aromatic heterocycles. The molecule has 3 heterocycles. The third kappa shape index (κ3) is 7.19. The first-order valence-corrected chi connectivity index (χ1v) is 16.4. The topological polar surface area (TPSA) is 140 Å². The van der Waals surface area contributed by atoms with Gasteiger partial charge in [0.05, 0.1) is 24.0 Å². The van der Waals surface area contributed by atoms with Crippen molar-refractivity contribution < 1.29 is 27.5 Å². The molecule has 0 bridgehead atoms. The van der Waals surface area contributed by atoms with Crippen LogP contribution >= 0.6 is 11.3 Å². The van der Waals surface area contributed by atoms with Crippen LogP contribution in [0.1, 0.15) is 64.4 Å². The minimum atomic E-state index is -3.81. The third-order valence-electron chi connectivity index (χ3n) is 7.48. The van der Waals surface area contributed by atoms with Gasteiger partial charge in [0.25, 0.3) is 0 Å². The lowest BCUT2D eigenvalue weighted by Crippen LogP contribution is -2.61. The van der Waals surface area contributed by atoms with Gasteiger partial charge in [0.2, 0.25) is 21.8 Å². The van der Waals surface area contributed by atoms with E-state index in [2.05, 4.69) is 20.0 Å². The molecule has 2 amide bonds. The maximum atomic E-state index is 13.6. The second kappa shape index (κ2) is 12.1. The molecule has 1 unspecified atom stereocenters. The number of likely N-dealkylation sites (tertiary alicyclic amines) is 1. The number of sulfonamides is 1. The molecule has 1 saturated heterocycles. The van der Waals surface area contributed by atoms with Crippen LogP contribution in [0, 0.1) is 5.92 Å². The number of fused-ring (bicyclic) bond motifs is 1. The van der Waals surface area contributed by atoms with E-state index in [4.69, 9.17) is 9.47 Å². The minimum absolute atomic E-state index is 0.105. The van der Waals surface area contributed by atoms with Gasteiger partial charge < -0.3 is 19.7 Å². The van der Waals surface area contributed by atoms with E-state index in [1.54, 1.807) is 52.1 Å². The number of carbonyl (C=O) groups excluding carboxylic acids is 2. The van der Waals surface area contributed by atoms with Gasteiger partial charge in [-0.25, -0.2) is 27.9 Å². The van der Waals surface area contributed by atoms with Crippen LogP contribution in [0.25, 0.3) is 10.3 Å². The quantitative estimate of drug-likeness (QED) is 0.347. The zero-order chi connectivity index (χ0) is 30.1. The summed E-state index contributed by atoms with van der Waals surface area (Å²) in [7, 11) is -2.27. The highest BCUT2D eigenvalue weighted by Gasteiger charge is 2.36. The van der Waals surface area contributed by atoms with Crippen molar-refractivity contribution in [3.05, 3.63) is 42.0 Å². The van der Waals surface area contributed by atoms with Crippen molar-refractivity contribution in [1.29, 1.82) is 0 Å². The molecular weight excluding hydrogens is 578 g/mol. The van der Waals surface area contributed by atoms with E-state index in [9.17, 15) is 18.0 Å². The SMILES string of the molecule is COc1ccc2nc(NC(=O)C(CC3CCCC3)c3ccc(S(=O)(=O)NC4CN(C(=O)OC(C)(C)C)C4)cc3)sc2n1. The molecule has 0 radical (unpaired) electrons.